The maximum absolute atomic E-state index is 13.9. The minimum absolute atomic E-state index is 0.202. The van der Waals surface area contributed by atoms with Crippen molar-refractivity contribution in [3.05, 3.63) is 65.2 Å². The highest BCUT2D eigenvalue weighted by Crippen LogP contribution is 2.36. The molecular weight excluding hydrogens is 251 g/mol. The van der Waals surface area contributed by atoms with Gasteiger partial charge in [-0.25, -0.2) is 4.39 Å². The van der Waals surface area contributed by atoms with E-state index in [2.05, 4.69) is 34.6 Å². The van der Waals surface area contributed by atoms with Crippen LogP contribution in [-0.2, 0) is 0 Å². The summed E-state index contributed by atoms with van der Waals surface area (Å²) in [6, 6.07) is 11.4. The number of nitrogens with one attached hydrogen (secondary N) is 1. The lowest BCUT2D eigenvalue weighted by atomic mass is 9.80. The van der Waals surface area contributed by atoms with Gasteiger partial charge >= 0.3 is 0 Å². The second-order valence-electron chi connectivity index (χ2n) is 5.39. The Balaban J connectivity index is 1.87. The molecule has 0 saturated heterocycles. The number of hydrogen-bond acceptors (Lipinski definition) is 2. The van der Waals surface area contributed by atoms with Crippen LogP contribution in [0.15, 0.2) is 42.6 Å². The fourth-order valence-corrected chi connectivity index (χ4v) is 2.77. The summed E-state index contributed by atoms with van der Waals surface area (Å²) in [5, 5.41) is 3.15. The standard InChI is InChI=1S/C17H19FN2/c1-19-16(17-15(18)6-3-11-20-17)14-9-7-13(8-10-14)12-4-2-5-12/h3,6-12,16,19H,2,4-5H2,1H3. The molecule has 1 heterocycles. The first-order valence-corrected chi connectivity index (χ1v) is 7.17. The number of rotatable bonds is 4. The van der Waals surface area contributed by atoms with Crippen LogP contribution in [0.5, 0.6) is 0 Å². The number of aromatic nitrogens is 1. The fraction of sp³-hybridized carbons (Fsp3) is 0.353. The average molecular weight is 270 g/mol. The van der Waals surface area contributed by atoms with Gasteiger partial charge in [0.05, 0.1) is 11.7 Å². The lowest BCUT2D eigenvalue weighted by Gasteiger charge is -2.26. The van der Waals surface area contributed by atoms with Gasteiger partial charge < -0.3 is 5.32 Å². The molecule has 1 aliphatic rings. The Morgan fingerprint density at radius 2 is 1.95 bits per heavy atom. The van der Waals surface area contributed by atoms with Crippen LogP contribution in [-0.4, -0.2) is 12.0 Å². The van der Waals surface area contributed by atoms with E-state index in [9.17, 15) is 4.39 Å². The molecule has 2 aromatic rings. The van der Waals surface area contributed by atoms with E-state index in [1.54, 1.807) is 12.3 Å². The first-order valence-electron chi connectivity index (χ1n) is 7.17. The third-order valence-corrected chi connectivity index (χ3v) is 4.20. The minimum Gasteiger partial charge on any atom is -0.308 e. The molecule has 104 valence electrons. The molecule has 0 radical (unpaired) electrons. The maximum atomic E-state index is 13.9. The first kappa shape index (κ1) is 13.3. The Kier molecular flexibility index (Phi) is 3.79. The van der Waals surface area contributed by atoms with E-state index < -0.39 is 0 Å². The molecule has 3 rings (SSSR count). The van der Waals surface area contributed by atoms with E-state index in [-0.39, 0.29) is 11.9 Å². The average Bonchev–Trinajstić information content (AvgIpc) is 2.41. The van der Waals surface area contributed by atoms with Crippen molar-refractivity contribution in [1.82, 2.24) is 10.3 Å². The molecule has 1 unspecified atom stereocenters. The predicted octanol–water partition coefficient (Wildman–Crippen LogP) is 3.80. The summed E-state index contributed by atoms with van der Waals surface area (Å²) < 4.78 is 13.9. The summed E-state index contributed by atoms with van der Waals surface area (Å²) in [7, 11) is 1.83. The number of nitrogens with zero attached hydrogens (tertiary/aromatic N) is 1. The van der Waals surface area contributed by atoms with E-state index in [0.717, 1.165) is 11.5 Å². The van der Waals surface area contributed by atoms with Gasteiger partial charge in [-0.2, -0.15) is 0 Å². The van der Waals surface area contributed by atoms with E-state index >= 15 is 0 Å². The molecule has 20 heavy (non-hydrogen) atoms. The van der Waals surface area contributed by atoms with Crippen LogP contribution in [0.2, 0.25) is 0 Å². The van der Waals surface area contributed by atoms with Crippen LogP contribution >= 0.6 is 0 Å². The van der Waals surface area contributed by atoms with Crippen molar-refractivity contribution in [3.8, 4) is 0 Å². The van der Waals surface area contributed by atoms with Crippen LogP contribution in [0.4, 0.5) is 4.39 Å². The van der Waals surface area contributed by atoms with Crippen molar-refractivity contribution < 1.29 is 4.39 Å². The third-order valence-electron chi connectivity index (χ3n) is 4.20. The zero-order valence-electron chi connectivity index (χ0n) is 11.6. The van der Waals surface area contributed by atoms with Crippen molar-refractivity contribution in [1.29, 1.82) is 0 Å². The smallest absolute Gasteiger partial charge is 0.146 e. The maximum Gasteiger partial charge on any atom is 0.146 e. The van der Waals surface area contributed by atoms with E-state index in [0.29, 0.717) is 5.69 Å². The van der Waals surface area contributed by atoms with Crippen LogP contribution < -0.4 is 5.32 Å². The molecule has 0 spiro atoms. The molecular formula is C17H19FN2. The highest BCUT2D eigenvalue weighted by atomic mass is 19.1. The van der Waals surface area contributed by atoms with Crippen molar-refractivity contribution in [2.24, 2.45) is 0 Å². The summed E-state index contributed by atoms with van der Waals surface area (Å²) in [6.07, 6.45) is 5.56. The van der Waals surface area contributed by atoms with Gasteiger partial charge in [0.15, 0.2) is 0 Å². The molecule has 1 fully saturated rings. The Morgan fingerprint density at radius 3 is 2.50 bits per heavy atom. The summed E-state index contributed by atoms with van der Waals surface area (Å²) in [5.41, 5.74) is 2.90. The summed E-state index contributed by atoms with van der Waals surface area (Å²) in [5.74, 6) is 0.457. The van der Waals surface area contributed by atoms with Crippen molar-refractivity contribution in [2.45, 2.75) is 31.2 Å². The number of hydrogen-bond donors (Lipinski definition) is 1. The topological polar surface area (TPSA) is 24.9 Å². The fourth-order valence-electron chi connectivity index (χ4n) is 2.77. The number of halogens is 1. The van der Waals surface area contributed by atoms with Gasteiger partial charge in [-0.1, -0.05) is 30.7 Å². The van der Waals surface area contributed by atoms with Gasteiger partial charge in [-0.3, -0.25) is 4.98 Å². The van der Waals surface area contributed by atoms with E-state index in [1.807, 2.05) is 7.05 Å². The second kappa shape index (κ2) is 5.71. The molecule has 3 heteroatoms. The summed E-state index contributed by atoms with van der Waals surface area (Å²) in [4.78, 5) is 4.17. The molecule has 1 aliphatic carbocycles. The van der Waals surface area contributed by atoms with Gasteiger partial charge in [-0.05, 0) is 49.1 Å². The van der Waals surface area contributed by atoms with Gasteiger partial charge in [0.25, 0.3) is 0 Å². The van der Waals surface area contributed by atoms with E-state index in [4.69, 9.17) is 0 Å². The van der Waals surface area contributed by atoms with Crippen LogP contribution in [0.25, 0.3) is 0 Å². The van der Waals surface area contributed by atoms with Gasteiger partial charge in [-0.15, -0.1) is 0 Å². The van der Waals surface area contributed by atoms with Crippen molar-refractivity contribution in [2.75, 3.05) is 7.05 Å². The first-order chi connectivity index (χ1) is 9.79. The molecule has 1 atom stereocenters. The zero-order valence-corrected chi connectivity index (χ0v) is 11.6. The van der Waals surface area contributed by atoms with Gasteiger partial charge in [0.1, 0.15) is 5.82 Å². The molecule has 0 aliphatic heterocycles. The zero-order chi connectivity index (χ0) is 13.9. The Hall–Kier alpha value is -1.74. The van der Waals surface area contributed by atoms with Crippen LogP contribution in [0.3, 0.4) is 0 Å². The van der Waals surface area contributed by atoms with Crippen LogP contribution in [0.1, 0.15) is 48.0 Å². The third kappa shape index (κ3) is 2.46. The summed E-state index contributed by atoms with van der Waals surface area (Å²) >= 11 is 0. The quantitative estimate of drug-likeness (QED) is 0.914. The molecule has 0 bridgehead atoms. The SMILES string of the molecule is CNC(c1ccc(C2CCC2)cc1)c1ncccc1F. The van der Waals surface area contributed by atoms with Gasteiger partial charge in [0, 0.05) is 6.20 Å². The normalized spacial score (nSPS) is 16.7. The Labute approximate surface area is 119 Å². The van der Waals surface area contributed by atoms with Crippen molar-refractivity contribution >= 4 is 0 Å². The summed E-state index contributed by atoms with van der Waals surface area (Å²) in [6.45, 7) is 0. The molecule has 0 amide bonds. The lowest BCUT2D eigenvalue weighted by Crippen LogP contribution is -2.20. The molecule has 1 aromatic carbocycles. The second-order valence-corrected chi connectivity index (χ2v) is 5.39. The predicted molar refractivity (Wildman–Crippen MR) is 78.1 cm³/mol. The molecule has 2 nitrogen and oxygen atoms in total. The van der Waals surface area contributed by atoms with Gasteiger partial charge in [0.2, 0.25) is 0 Å². The van der Waals surface area contributed by atoms with E-state index in [1.165, 1.54) is 30.9 Å². The number of pyridine rings is 1. The minimum atomic E-state index is -0.269. The largest absolute Gasteiger partial charge is 0.308 e. The van der Waals surface area contributed by atoms with Crippen molar-refractivity contribution in [3.63, 3.8) is 0 Å². The lowest BCUT2D eigenvalue weighted by molar-refractivity contribution is 0.419. The number of benzene rings is 1. The monoisotopic (exact) mass is 270 g/mol. The van der Waals surface area contributed by atoms with Crippen LogP contribution in [0, 0.1) is 5.82 Å². The Bertz CT molecular complexity index is 576. The molecule has 1 N–H and O–H groups in total. The molecule has 1 saturated carbocycles. The highest BCUT2D eigenvalue weighted by molar-refractivity contribution is 5.33. The highest BCUT2D eigenvalue weighted by Gasteiger charge is 2.21. The molecule has 1 aromatic heterocycles. The Morgan fingerprint density at radius 1 is 1.20 bits per heavy atom.